The van der Waals surface area contributed by atoms with E-state index in [9.17, 15) is 8.42 Å². The first-order chi connectivity index (χ1) is 8.84. The van der Waals surface area contributed by atoms with Crippen molar-refractivity contribution in [1.82, 2.24) is 9.62 Å². The minimum atomic E-state index is -3.41. The third kappa shape index (κ3) is 3.55. The molecule has 0 saturated heterocycles. The van der Waals surface area contributed by atoms with Crippen molar-refractivity contribution in [1.29, 1.82) is 0 Å². The summed E-state index contributed by atoms with van der Waals surface area (Å²) < 4.78 is 26.4. The second-order valence-corrected chi connectivity index (χ2v) is 6.86. The fourth-order valence-corrected chi connectivity index (χ4v) is 3.26. The quantitative estimate of drug-likeness (QED) is 0.872. The molecule has 19 heavy (non-hydrogen) atoms. The summed E-state index contributed by atoms with van der Waals surface area (Å²) in [7, 11) is 0.0858. The van der Waals surface area contributed by atoms with E-state index in [1.165, 1.54) is 4.31 Å². The Bertz CT molecular complexity index is 514. The van der Waals surface area contributed by atoms with Gasteiger partial charge in [-0.15, -0.1) is 0 Å². The molecule has 0 saturated carbocycles. The van der Waals surface area contributed by atoms with Crippen LogP contribution in [0.1, 0.15) is 38.8 Å². The molecule has 0 aromatic heterocycles. The molecular formula is C14H24N2O2S. The maximum absolute atomic E-state index is 12.5. The van der Waals surface area contributed by atoms with E-state index in [1.54, 1.807) is 25.2 Å². The van der Waals surface area contributed by atoms with Crippen LogP contribution in [0.4, 0.5) is 0 Å². The predicted octanol–water partition coefficient (Wildman–Crippen LogP) is 2.39. The molecule has 0 amide bonds. The summed E-state index contributed by atoms with van der Waals surface area (Å²) in [6, 6.07) is 7.25. The Labute approximate surface area is 116 Å². The SMILES string of the molecule is CCC(C)N(C)S(=O)(=O)c1cccc(C(C)NC)c1. The van der Waals surface area contributed by atoms with Gasteiger partial charge in [0, 0.05) is 19.1 Å². The highest BCUT2D eigenvalue weighted by Crippen LogP contribution is 2.21. The number of hydrogen-bond donors (Lipinski definition) is 1. The van der Waals surface area contributed by atoms with Gasteiger partial charge in [0.05, 0.1) is 4.90 Å². The molecule has 2 atom stereocenters. The lowest BCUT2D eigenvalue weighted by Crippen LogP contribution is -2.34. The van der Waals surface area contributed by atoms with E-state index in [4.69, 9.17) is 0 Å². The summed E-state index contributed by atoms with van der Waals surface area (Å²) in [6.45, 7) is 5.90. The predicted molar refractivity (Wildman–Crippen MR) is 78.6 cm³/mol. The Morgan fingerprint density at radius 2 is 1.95 bits per heavy atom. The molecule has 0 bridgehead atoms. The Kier molecular flexibility index (Phi) is 5.52. The average molecular weight is 284 g/mol. The Balaban J connectivity index is 3.15. The minimum absolute atomic E-state index is 0.00428. The standard InChI is InChI=1S/C14H24N2O2S/c1-6-11(2)16(5)19(17,18)14-9-7-8-13(10-14)12(3)15-4/h7-12,15H,6H2,1-5H3. The zero-order chi connectivity index (χ0) is 14.6. The van der Waals surface area contributed by atoms with Crippen LogP contribution >= 0.6 is 0 Å². The lowest BCUT2D eigenvalue weighted by atomic mass is 10.1. The minimum Gasteiger partial charge on any atom is -0.313 e. The van der Waals surface area contributed by atoms with Crippen molar-refractivity contribution < 1.29 is 8.42 Å². The topological polar surface area (TPSA) is 49.4 Å². The highest BCUT2D eigenvalue weighted by Gasteiger charge is 2.24. The van der Waals surface area contributed by atoms with Crippen LogP contribution in [0.25, 0.3) is 0 Å². The van der Waals surface area contributed by atoms with Gasteiger partial charge in [0.25, 0.3) is 0 Å². The molecule has 108 valence electrons. The molecule has 1 N–H and O–H groups in total. The van der Waals surface area contributed by atoms with E-state index < -0.39 is 10.0 Å². The first-order valence-electron chi connectivity index (χ1n) is 6.59. The van der Waals surface area contributed by atoms with Gasteiger partial charge >= 0.3 is 0 Å². The van der Waals surface area contributed by atoms with E-state index in [-0.39, 0.29) is 12.1 Å². The third-order valence-corrected chi connectivity index (χ3v) is 5.65. The van der Waals surface area contributed by atoms with E-state index >= 15 is 0 Å². The van der Waals surface area contributed by atoms with Gasteiger partial charge in [0.2, 0.25) is 10.0 Å². The number of sulfonamides is 1. The largest absolute Gasteiger partial charge is 0.313 e. The molecule has 0 aliphatic rings. The van der Waals surface area contributed by atoms with Crippen LogP contribution in [0, 0.1) is 0 Å². The normalized spacial score (nSPS) is 15.5. The van der Waals surface area contributed by atoms with Crippen LogP contribution in [-0.4, -0.2) is 32.9 Å². The summed E-state index contributed by atoms with van der Waals surface area (Å²) in [5, 5.41) is 3.11. The number of benzene rings is 1. The zero-order valence-electron chi connectivity index (χ0n) is 12.3. The molecule has 0 heterocycles. The van der Waals surface area contributed by atoms with Crippen LogP contribution in [0.5, 0.6) is 0 Å². The molecule has 1 rings (SSSR count). The van der Waals surface area contributed by atoms with Crippen LogP contribution < -0.4 is 5.32 Å². The van der Waals surface area contributed by atoms with E-state index in [0.717, 1.165) is 12.0 Å². The molecule has 0 aliphatic carbocycles. The molecule has 4 nitrogen and oxygen atoms in total. The maximum Gasteiger partial charge on any atom is 0.243 e. The monoisotopic (exact) mass is 284 g/mol. The third-order valence-electron chi connectivity index (χ3n) is 3.68. The number of hydrogen-bond acceptors (Lipinski definition) is 3. The lowest BCUT2D eigenvalue weighted by Gasteiger charge is -2.23. The van der Waals surface area contributed by atoms with E-state index in [2.05, 4.69) is 5.32 Å². The highest BCUT2D eigenvalue weighted by atomic mass is 32.2. The molecule has 0 spiro atoms. The van der Waals surface area contributed by atoms with Crippen LogP contribution in [0.3, 0.4) is 0 Å². The van der Waals surface area contributed by atoms with Gasteiger partial charge < -0.3 is 5.32 Å². The van der Waals surface area contributed by atoms with Crippen molar-refractivity contribution >= 4 is 10.0 Å². The van der Waals surface area contributed by atoms with Crippen molar-refractivity contribution in [3.8, 4) is 0 Å². The number of nitrogens with one attached hydrogen (secondary N) is 1. The molecule has 5 heteroatoms. The van der Waals surface area contributed by atoms with Gasteiger partial charge in [-0.25, -0.2) is 8.42 Å². The molecule has 0 fully saturated rings. The summed E-state index contributed by atoms with van der Waals surface area (Å²) in [6.07, 6.45) is 0.794. The second kappa shape index (κ2) is 6.50. The van der Waals surface area contributed by atoms with Crippen molar-refractivity contribution in [2.75, 3.05) is 14.1 Å². The van der Waals surface area contributed by atoms with Gasteiger partial charge in [-0.1, -0.05) is 19.1 Å². The lowest BCUT2D eigenvalue weighted by molar-refractivity contribution is 0.380. The summed E-state index contributed by atoms with van der Waals surface area (Å²) in [4.78, 5) is 0.356. The molecule has 1 aromatic carbocycles. The Hall–Kier alpha value is -0.910. The Morgan fingerprint density at radius 3 is 2.47 bits per heavy atom. The fourth-order valence-electron chi connectivity index (χ4n) is 1.77. The molecule has 0 aliphatic heterocycles. The van der Waals surface area contributed by atoms with Crippen molar-refractivity contribution in [2.45, 2.75) is 44.2 Å². The smallest absolute Gasteiger partial charge is 0.243 e. The average Bonchev–Trinajstić information content (AvgIpc) is 2.44. The molecular weight excluding hydrogens is 260 g/mol. The second-order valence-electron chi connectivity index (χ2n) is 4.86. The van der Waals surface area contributed by atoms with Crippen LogP contribution in [-0.2, 0) is 10.0 Å². The first-order valence-corrected chi connectivity index (χ1v) is 8.03. The van der Waals surface area contributed by atoms with E-state index in [1.807, 2.05) is 33.9 Å². The molecule has 1 aromatic rings. The number of nitrogens with zero attached hydrogens (tertiary/aromatic N) is 1. The highest BCUT2D eigenvalue weighted by molar-refractivity contribution is 7.89. The van der Waals surface area contributed by atoms with Gasteiger partial charge in [-0.05, 0) is 45.0 Å². The first kappa shape index (κ1) is 16.1. The van der Waals surface area contributed by atoms with Gasteiger partial charge in [0.15, 0.2) is 0 Å². The van der Waals surface area contributed by atoms with Crippen LogP contribution in [0.15, 0.2) is 29.2 Å². The fraction of sp³-hybridized carbons (Fsp3) is 0.571. The van der Waals surface area contributed by atoms with Crippen LogP contribution in [0.2, 0.25) is 0 Å². The van der Waals surface area contributed by atoms with Gasteiger partial charge in [-0.3, -0.25) is 0 Å². The Morgan fingerprint density at radius 1 is 1.32 bits per heavy atom. The van der Waals surface area contributed by atoms with Crippen molar-refractivity contribution in [3.05, 3.63) is 29.8 Å². The maximum atomic E-state index is 12.5. The van der Waals surface area contributed by atoms with E-state index in [0.29, 0.717) is 4.90 Å². The van der Waals surface area contributed by atoms with Gasteiger partial charge in [-0.2, -0.15) is 4.31 Å². The summed E-state index contributed by atoms with van der Waals surface area (Å²) >= 11 is 0. The number of rotatable bonds is 6. The van der Waals surface area contributed by atoms with Crippen molar-refractivity contribution in [3.63, 3.8) is 0 Å². The zero-order valence-corrected chi connectivity index (χ0v) is 13.2. The summed E-state index contributed by atoms with van der Waals surface area (Å²) in [5.41, 5.74) is 0.973. The van der Waals surface area contributed by atoms with Crippen molar-refractivity contribution in [2.24, 2.45) is 0 Å². The molecule has 0 radical (unpaired) electrons. The summed E-state index contributed by atoms with van der Waals surface area (Å²) in [5.74, 6) is 0. The van der Waals surface area contributed by atoms with Gasteiger partial charge in [0.1, 0.15) is 0 Å². The molecule has 2 unspecified atom stereocenters.